The molecule has 90 valence electrons. The van der Waals surface area contributed by atoms with Gasteiger partial charge in [-0.25, -0.2) is 0 Å². The summed E-state index contributed by atoms with van der Waals surface area (Å²) in [4.78, 5) is 0. The summed E-state index contributed by atoms with van der Waals surface area (Å²) in [5, 5.41) is 13.6. The summed E-state index contributed by atoms with van der Waals surface area (Å²) in [6.45, 7) is 0. The fraction of sp³-hybridized carbons (Fsp3) is 0.0909. The minimum atomic E-state index is -4.04. The van der Waals surface area contributed by atoms with Crippen molar-refractivity contribution in [1.29, 1.82) is 0 Å². The molecule has 2 rings (SSSR count). The Hall–Kier alpha value is -1.79. The minimum Gasteiger partial charge on any atom is -0.508 e. The molecule has 0 aliphatic heterocycles. The number of phenolic OH excluding ortho intramolecular Hbond substituents is 1. The van der Waals surface area contributed by atoms with Crippen molar-refractivity contribution >= 4 is 26.6 Å². The van der Waals surface area contributed by atoms with Gasteiger partial charge in [-0.3, -0.25) is 4.55 Å². The molecule has 0 aromatic heterocycles. The first-order chi connectivity index (χ1) is 7.94. The molecule has 6 heteroatoms. The Bertz CT molecular complexity index is 652. The molecule has 0 radical (unpaired) electrons. The molecule has 5 nitrogen and oxygen atoms in total. The molecule has 3 N–H and O–H groups in total. The zero-order chi connectivity index (χ0) is 12.5. The van der Waals surface area contributed by atoms with Crippen molar-refractivity contribution in [3.8, 4) is 5.75 Å². The zero-order valence-corrected chi connectivity index (χ0v) is 9.61. The normalized spacial score (nSPS) is 11.6. The van der Waals surface area contributed by atoms with Gasteiger partial charge >= 0.3 is 0 Å². The molecule has 0 heterocycles. The van der Waals surface area contributed by atoms with E-state index in [1.165, 1.54) is 0 Å². The molecule has 0 unspecified atom stereocenters. The second-order valence-electron chi connectivity index (χ2n) is 3.65. The van der Waals surface area contributed by atoms with Crippen LogP contribution >= 0.6 is 0 Å². The van der Waals surface area contributed by atoms with Crippen molar-refractivity contribution in [3.05, 3.63) is 36.4 Å². The van der Waals surface area contributed by atoms with Gasteiger partial charge in [-0.2, -0.15) is 8.42 Å². The highest BCUT2D eigenvalue weighted by molar-refractivity contribution is 7.85. The van der Waals surface area contributed by atoms with E-state index in [1.807, 2.05) is 0 Å². The zero-order valence-electron chi connectivity index (χ0n) is 8.79. The first-order valence-corrected chi connectivity index (χ1v) is 6.47. The maximum atomic E-state index is 10.6. The number of hydrogen-bond acceptors (Lipinski definition) is 4. The Morgan fingerprint density at radius 3 is 2.47 bits per heavy atom. The van der Waals surface area contributed by atoms with Crippen LogP contribution in [-0.4, -0.2) is 24.0 Å². The van der Waals surface area contributed by atoms with Crippen LogP contribution in [0.15, 0.2) is 36.4 Å². The molecular formula is C11H11NO4S. The smallest absolute Gasteiger partial charge is 0.283 e. The average molecular weight is 253 g/mol. The first-order valence-electron chi connectivity index (χ1n) is 4.86. The molecular weight excluding hydrogens is 242 g/mol. The van der Waals surface area contributed by atoms with Gasteiger partial charge in [-0.1, -0.05) is 12.1 Å². The van der Waals surface area contributed by atoms with E-state index < -0.39 is 16.0 Å². The van der Waals surface area contributed by atoms with Crippen LogP contribution in [0.5, 0.6) is 5.75 Å². The van der Waals surface area contributed by atoms with Crippen molar-refractivity contribution in [3.63, 3.8) is 0 Å². The van der Waals surface area contributed by atoms with E-state index in [1.54, 1.807) is 36.4 Å². The summed E-state index contributed by atoms with van der Waals surface area (Å²) < 4.78 is 29.8. The highest BCUT2D eigenvalue weighted by Gasteiger charge is 2.04. The number of nitrogens with one attached hydrogen (secondary N) is 1. The summed E-state index contributed by atoms with van der Waals surface area (Å²) in [5.74, 6) is -0.401. The topological polar surface area (TPSA) is 86.6 Å². The molecule has 0 atom stereocenters. The summed E-state index contributed by atoms with van der Waals surface area (Å²) in [7, 11) is -4.04. The van der Waals surface area contributed by atoms with E-state index in [-0.39, 0.29) is 5.75 Å². The van der Waals surface area contributed by atoms with E-state index in [9.17, 15) is 13.5 Å². The van der Waals surface area contributed by atoms with Gasteiger partial charge in [0.25, 0.3) is 10.1 Å². The minimum absolute atomic E-state index is 0.143. The Labute approximate surface area is 98.5 Å². The molecule has 0 amide bonds. The van der Waals surface area contributed by atoms with Crippen molar-refractivity contribution < 1.29 is 18.1 Å². The van der Waals surface area contributed by atoms with Crippen LogP contribution in [0.2, 0.25) is 0 Å². The van der Waals surface area contributed by atoms with Gasteiger partial charge < -0.3 is 10.4 Å². The van der Waals surface area contributed by atoms with Crippen LogP contribution < -0.4 is 5.32 Å². The number of phenols is 1. The molecule has 0 aliphatic rings. The lowest BCUT2D eigenvalue weighted by atomic mass is 10.1. The van der Waals surface area contributed by atoms with Gasteiger partial charge in [0.2, 0.25) is 0 Å². The van der Waals surface area contributed by atoms with E-state index in [0.29, 0.717) is 5.69 Å². The molecule has 0 aliphatic carbocycles. The highest BCUT2D eigenvalue weighted by Crippen LogP contribution is 2.23. The lowest BCUT2D eigenvalue weighted by molar-refractivity contribution is 0.476. The van der Waals surface area contributed by atoms with Gasteiger partial charge in [0.1, 0.15) is 11.6 Å². The SMILES string of the molecule is O=S(=O)(O)CNc1ccc2ccc(O)cc2c1. The largest absolute Gasteiger partial charge is 0.508 e. The third kappa shape index (κ3) is 3.08. The quantitative estimate of drug-likeness (QED) is 0.726. The number of benzene rings is 2. The van der Waals surface area contributed by atoms with Crippen LogP contribution in [0.1, 0.15) is 0 Å². The van der Waals surface area contributed by atoms with Crippen molar-refractivity contribution in [2.75, 3.05) is 11.2 Å². The summed E-state index contributed by atoms with van der Waals surface area (Å²) in [6, 6.07) is 10.1. The van der Waals surface area contributed by atoms with E-state index in [4.69, 9.17) is 4.55 Å². The van der Waals surface area contributed by atoms with Crippen molar-refractivity contribution in [2.45, 2.75) is 0 Å². The molecule has 0 saturated carbocycles. The molecule has 2 aromatic carbocycles. The molecule has 17 heavy (non-hydrogen) atoms. The molecule has 0 spiro atoms. The predicted molar refractivity (Wildman–Crippen MR) is 65.7 cm³/mol. The van der Waals surface area contributed by atoms with Crippen LogP contribution in [0.4, 0.5) is 5.69 Å². The molecule has 2 aromatic rings. The van der Waals surface area contributed by atoms with Crippen LogP contribution in [-0.2, 0) is 10.1 Å². The second-order valence-corrected chi connectivity index (χ2v) is 5.10. The second kappa shape index (κ2) is 4.23. The molecule has 0 fully saturated rings. The number of rotatable bonds is 3. The highest BCUT2D eigenvalue weighted by atomic mass is 32.2. The fourth-order valence-electron chi connectivity index (χ4n) is 1.52. The maximum absolute atomic E-state index is 10.6. The summed E-state index contributed by atoms with van der Waals surface area (Å²) in [5.41, 5.74) is 0.556. The third-order valence-electron chi connectivity index (χ3n) is 2.28. The van der Waals surface area contributed by atoms with Gasteiger partial charge in [-0.15, -0.1) is 0 Å². The molecule has 0 saturated heterocycles. The Morgan fingerprint density at radius 2 is 1.76 bits per heavy atom. The van der Waals surface area contributed by atoms with E-state index in [2.05, 4.69) is 5.32 Å². The van der Waals surface area contributed by atoms with Crippen LogP contribution in [0, 0.1) is 0 Å². The van der Waals surface area contributed by atoms with Crippen LogP contribution in [0.3, 0.4) is 0 Å². The lowest BCUT2D eigenvalue weighted by Crippen LogP contribution is -2.12. The average Bonchev–Trinajstić information content (AvgIpc) is 2.24. The first kappa shape index (κ1) is 11.7. The fourth-order valence-corrected chi connectivity index (χ4v) is 1.87. The number of aromatic hydroxyl groups is 1. The number of hydrogen-bond donors (Lipinski definition) is 3. The Balaban J connectivity index is 2.31. The summed E-state index contributed by atoms with van der Waals surface area (Å²) >= 11 is 0. The van der Waals surface area contributed by atoms with Gasteiger partial charge in [0, 0.05) is 5.69 Å². The van der Waals surface area contributed by atoms with Gasteiger partial charge in [-0.05, 0) is 35.0 Å². The number of fused-ring (bicyclic) bond motifs is 1. The predicted octanol–water partition coefficient (Wildman–Crippen LogP) is 1.80. The lowest BCUT2D eigenvalue weighted by Gasteiger charge is -2.06. The van der Waals surface area contributed by atoms with E-state index in [0.717, 1.165) is 10.8 Å². The standard InChI is InChI=1S/C11H11NO4S/c13-11-4-2-8-1-3-10(5-9(8)6-11)12-7-17(14,15)16/h1-6,12-13H,7H2,(H,14,15,16). The molecule has 0 bridgehead atoms. The van der Waals surface area contributed by atoms with Gasteiger partial charge in [0.05, 0.1) is 0 Å². The van der Waals surface area contributed by atoms with Gasteiger partial charge in [0.15, 0.2) is 0 Å². The maximum Gasteiger partial charge on any atom is 0.283 e. The third-order valence-corrected chi connectivity index (χ3v) is 2.79. The summed E-state index contributed by atoms with van der Waals surface area (Å²) in [6.07, 6.45) is 0. The van der Waals surface area contributed by atoms with Crippen LogP contribution in [0.25, 0.3) is 10.8 Å². The number of anilines is 1. The van der Waals surface area contributed by atoms with E-state index >= 15 is 0 Å². The van der Waals surface area contributed by atoms with Crippen molar-refractivity contribution in [2.24, 2.45) is 0 Å². The van der Waals surface area contributed by atoms with Crippen molar-refractivity contribution in [1.82, 2.24) is 0 Å². The Morgan fingerprint density at radius 1 is 1.06 bits per heavy atom. The Kier molecular flexibility index (Phi) is 2.91. The monoisotopic (exact) mass is 253 g/mol.